The van der Waals surface area contributed by atoms with Crippen molar-refractivity contribution in [1.29, 1.82) is 0 Å². The van der Waals surface area contributed by atoms with Crippen LogP contribution in [0.5, 0.6) is 0 Å². The van der Waals surface area contributed by atoms with Crippen LogP contribution in [0.25, 0.3) is 0 Å². The molecule has 0 heterocycles. The lowest BCUT2D eigenvalue weighted by molar-refractivity contribution is -0.119. The van der Waals surface area contributed by atoms with Crippen molar-refractivity contribution in [3.05, 3.63) is 59.7 Å². The van der Waals surface area contributed by atoms with Crippen molar-refractivity contribution < 1.29 is 19.5 Å². The monoisotopic (exact) mass is 340 g/mol. The molecule has 130 valence electrons. The number of carboxylic acid groups (broad SMARTS) is 1. The molecule has 0 saturated carbocycles. The number of carbonyl (C=O) groups excluding carboxylic acids is 2. The van der Waals surface area contributed by atoms with E-state index in [-0.39, 0.29) is 29.7 Å². The number of carboxylic acids is 1. The molecule has 0 atom stereocenters. The van der Waals surface area contributed by atoms with Gasteiger partial charge in [-0.1, -0.05) is 32.0 Å². The lowest BCUT2D eigenvalue weighted by atomic mass is 10.0. The predicted molar refractivity (Wildman–Crippen MR) is 95.6 cm³/mol. The van der Waals surface area contributed by atoms with Gasteiger partial charge in [-0.05, 0) is 35.9 Å². The van der Waals surface area contributed by atoms with Crippen LogP contribution in [0.2, 0.25) is 0 Å². The first-order valence-corrected chi connectivity index (χ1v) is 7.89. The summed E-state index contributed by atoms with van der Waals surface area (Å²) in [5, 5.41) is 14.6. The summed E-state index contributed by atoms with van der Waals surface area (Å²) < 4.78 is 0. The molecule has 3 N–H and O–H groups in total. The zero-order valence-corrected chi connectivity index (χ0v) is 14.1. The second-order valence-electron chi connectivity index (χ2n) is 5.91. The Balaban J connectivity index is 1.99. The summed E-state index contributed by atoms with van der Waals surface area (Å²) in [4.78, 5) is 34.9. The van der Waals surface area contributed by atoms with Crippen LogP contribution >= 0.6 is 0 Å². The highest BCUT2D eigenvalue weighted by Gasteiger charge is 2.13. The molecule has 0 aliphatic rings. The molecule has 0 saturated heterocycles. The van der Waals surface area contributed by atoms with Gasteiger partial charge in [-0.25, -0.2) is 4.79 Å². The lowest BCUT2D eigenvalue weighted by Gasteiger charge is -2.10. The normalized spacial score (nSPS) is 10.4. The van der Waals surface area contributed by atoms with Crippen molar-refractivity contribution in [1.82, 2.24) is 0 Å². The van der Waals surface area contributed by atoms with E-state index in [0.717, 1.165) is 0 Å². The van der Waals surface area contributed by atoms with E-state index >= 15 is 0 Å². The quantitative estimate of drug-likeness (QED) is 0.752. The zero-order chi connectivity index (χ0) is 18.4. The molecule has 0 aliphatic carbocycles. The Morgan fingerprint density at radius 3 is 2.04 bits per heavy atom. The molecule has 2 aromatic rings. The summed E-state index contributed by atoms with van der Waals surface area (Å²) >= 11 is 0. The summed E-state index contributed by atoms with van der Waals surface area (Å²) in [6, 6.07) is 13.1. The van der Waals surface area contributed by atoms with Crippen LogP contribution in [-0.2, 0) is 16.0 Å². The van der Waals surface area contributed by atoms with Gasteiger partial charge in [0, 0.05) is 17.3 Å². The van der Waals surface area contributed by atoms with Crippen molar-refractivity contribution in [2.45, 2.75) is 20.3 Å². The maximum atomic E-state index is 12.1. The van der Waals surface area contributed by atoms with Gasteiger partial charge < -0.3 is 15.7 Å². The Labute approximate surface area is 145 Å². The van der Waals surface area contributed by atoms with Crippen molar-refractivity contribution in [2.24, 2.45) is 5.92 Å². The SMILES string of the molecule is CC(C)C(=O)Nc1ccc(NC(=O)Cc2ccccc2C(=O)O)cc1. The average molecular weight is 340 g/mol. The lowest BCUT2D eigenvalue weighted by Crippen LogP contribution is -2.18. The van der Waals surface area contributed by atoms with Gasteiger partial charge in [-0.2, -0.15) is 0 Å². The standard InChI is InChI=1S/C19H20N2O4/c1-12(2)18(23)21-15-9-7-14(8-10-15)20-17(22)11-13-5-3-4-6-16(13)19(24)25/h3-10,12H,11H2,1-2H3,(H,20,22)(H,21,23)(H,24,25). The molecule has 0 aliphatic heterocycles. The van der Waals surface area contributed by atoms with Crippen LogP contribution in [0.4, 0.5) is 11.4 Å². The Morgan fingerprint density at radius 1 is 0.920 bits per heavy atom. The largest absolute Gasteiger partial charge is 0.478 e. The molecular formula is C19H20N2O4. The Kier molecular flexibility index (Phi) is 5.89. The zero-order valence-electron chi connectivity index (χ0n) is 14.1. The van der Waals surface area contributed by atoms with Gasteiger partial charge in [-0.3, -0.25) is 9.59 Å². The molecule has 25 heavy (non-hydrogen) atoms. The van der Waals surface area contributed by atoms with E-state index in [1.54, 1.807) is 56.3 Å². The van der Waals surface area contributed by atoms with Gasteiger partial charge in [0.1, 0.15) is 0 Å². The van der Waals surface area contributed by atoms with E-state index in [2.05, 4.69) is 10.6 Å². The highest BCUT2D eigenvalue weighted by molar-refractivity contribution is 5.96. The van der Waals surface area contributed by atoms with E-state index < -0.39 is 5.97 Å². The van der Waals surface area contributed by atoms with E-state index in [4.69, 9.17) is 5.11 Å². The minimum atomic E-state index is -1.06. The first kappa shape index (κ1) is 18.2. The molecule has 2 amide bonds. The van der Waals surface area contributed by atoms with Gasteiger partial charge in [0.15, 0.2) is 0 Å². The first-order chi connectivity index (χ1) is 11.9. The van der Waals surface area contributed by atoms with Gasteiger partial charge in [-0.15, -0.1) is 0 Å². The van der Waals surface area contributed by atoms with Crippen LogP contribution in [0.15, 0.2) is 48.5 Å². The number of amides is 2. The summed E-state index contributed by atoms with van der Waals surface area (Å²) in [5.41, 5.74) is 1.78. The fraction of sp³-hybridized carbons (Fsp3) is 0.211. The third-order valence-corrected chi connectivity index (χ3v) is 3.56. The molecule has 6 heteroatoms. The first-order valence-electron chi connectivity index (χ1n) is 7.89. The van der Waals surface area contributed by atoms with Crippen LogP contribution in [-0.4, -0.2) is 22.9 Å². The van der Waals surface area contributed by atoms with Crippen molar-refractivity contribution in [3.63, 3.8) is 0 Å². The second-order valence-corrected chi connectivity index (χ2v) is 5.91. The van der Waals surface area contributed by atoms with Gasteiger partial charge in [0.25, 0.3) is 0 Å². The molecule has 0 bridgehead atoms. The Bertz CT molecular complexity index is 782. The number of benzene rings is 2. The maximum Gasteiger partial charge on any atom is 0.335 e. The van der Waals surface area contributed by atoms with Gasteiger partial charge >= 0.3 is 5.97 Å². The number of rotatable bonds is 6. The topological polar surface area (TPSA) is 95.5 Å². The number of hydrogen-bond acceptors (Lipinski definition) is 3. The highest BCUT2D eigenvalue weighted by atomic mass is 16.4. The van der Waals surface area contributed by atoms with Crippen molar-refractivity contribution in [2.75, 3.05) is 10.6 Å². The molecule has 0 aromatic heterocycles. The van der Waals surface area contributed by atoms with E-state index in [1.807, 2.05) is 0 Å². The average Bonchev–Trinajstić information content (AvgIpc) is 2.56. The third kappa shape index (κ3) is 5.17. The molecular weight excluding hydrogens is 320 g/mol. The highest BCUT2D eigenvalue weighted by Crippen LogP contribution is 2.16. The number of carbonyl (C=O) groups is 3. The Morgan fingerprint density at radius 2 is 1.48 bits per heavy atom. The summed E-state index contributed by atoms with van der Waals surface area (Å²) in [6.45, 7) is 3.61. The van der Waals surface area contributed by atoms with E-state index in [0.29, 0.717) is 16.9 Å². The van der Waals surface area contributed by atoms with Gasteiger partial charge in [0.05, 0.1) is 12.0 Å². The maximum absolute atomic E-state index is 12.1. The predicted octanol–water partition coefficient (Wildman–Crippen LogP) is 3.16. The smallest absolute Gasteiger partial charge is 0.335 e. The minimum Gasteiger partial charge on any atom is -0.478 e. The molecule has 0 radical (unpaired) electrons. The minimum absolute atomic E-state index is 0.0334. The Hall–Kier alpha value is -3.15. The molecule has 2 rings (SSSR count). The molecule has 2 aromatic carbocycles. The van der Waals surface area contributed by atoms with E-state index in [1.165, 1.54) is 6.07 Å². The van der Waals surface area contributed by atoms with Crippen molar-refractivity contribution in [3.8, 4) is 0 Å². The molecule has 6 nitrogen and oxygen atoms in total. The third-order valence-electron chi connectivity index (χ3n) is 3.56. The summed E-state index contributed by atoms with van der Waals surface area (Å²) in [6.07, 6.45) is -0.0334. The second kappa shape index (κ2) is 8.10. The fourth-order valence-corrected chi connectivity index (χ4v) is 2.18. The van der Waals surface area contributed by atoms with Crippen LogP contribution < -0.4 is 10.6 Å². The van der Waals surface area contributed by atoms with Crippen LogP contribution in [0.3, 0.4) is 0 Å². The number of aromatic carboxylic acids is 1. The van der Waals surface area contributed by atoms with Gasteiger partial charge in [0.2, 0.25) is 11.8 Å². The molecule has 0 fully saturated rings. The summed E-state index contributed by atoms with van der Waals surface area (Å²) in [5.74, 6) is -1.57. The van der Waals surface area contributed by atoms with Crippen LogP contribution in [0, 0.1) is 5.92 Å². The number of anilines is 2. The van der Waals surface area contributed by atoms with E-state index in [9.17, 15) is 14.4 Å². The van der Waals surface area contributed by atoms with Crippen molar-refractivity contribution >= 4 is 29.2 Å². The number of nitrogens with one attached hydrogen (secondary N) is 2. The van der Waals surface area contributed by atoms with Crippen LogP contribution in [0.1, 0.15) is 29.8 Å². The number of hydrogen-bond donors (Lipinski definition) is 3. The fourth-order valence-electron chi connectivity index (χ4n) is 2.18. The summed E-state index contributed by atoms with van der Waals surface area (Å²) in [7, 11) is 0. The molecule has 0 unspecified atom stereocenters. The molecule has 0 spiro atoms.